The minimum absolute atomic E-state index is 0.228. The number of sulfonamides is 1. The summed E-state index contributed by atoms with van der Waals surface area (Å²) in [6.07, 6.45) is 0.539. The van der Waals surface area contributed by atoms with Gasteiger partial charge in [0, 0.05) is 23.9 Å². The molecule has 0 atom stereocenters. The molecule has 1 aromatic carbocycles. The van der Waals surface area contributed by atoms with Crippen molar-refractivity contribution in [1.82, 2.24) is 19.9 Å². The average molecular weight is 377 g/mol. The SMILES string of the molecule is Cc1ccc(-c2nc(CCNS(=O)(=O)c3c(C)n[nH]c3C)cs2)cc1. The molecule has 0 fully saturated rings. The highest BCUT2D eigenvalue weighted by molar-refractivity contribution is 7.89. The number of thiazole rings is 1. The maximum atomic E-state index is 12.4. The molecule has 0 radical (unpaired) electrons. The first-order valence-electron chi connectivity index (χ1n) is 7.89. The van der Waals surface area contributed by atoms with Gasteiger partial charge in [-0.05, 0) is 20.8 Å². The van der Waals surface area contributed by atoms with E-state index in [0.717, 1.165) is 16.3 Å². The zero-order chi connectivity index (χ0) is 18.0. The van der Waals surface area contributed by atoms with Gasteiger partial charge in [0.25, 0.3) is 0 Å². The van der Waals surface area contributed by atoms with E-state index in [4.69, 9.17) is 0 Å². The average Bonchev–Trinajstić information content (AvgIpc) is 3.15. The smallest absolute Gasteiger partial charge is 0.244 e. The summed E-state index contributed by atoms with van der Waals surface area (Å²) in [5, 5.41) is 9.55. The Labute approximate surface area is 151 Å². The molecule has 0 aliphatic carbocycles. The summed E-state index contributed by atoms with van der Waals surface area (Å²) in [6, 6.07) is 8.20. The van der Waals surface area contributed by atoms with Gasteiger partial charge in [-0.15, -0.1) is 11.3 Å². The summed E-state index contributed by atoms with van der Waals surface area (Å²) < 4.78 is 27.4. The van der Waals surface area contributed by atoms with Crippen LogP contribution in [0.5, 0.6) is 0 Å². The Bertz CT molecular complexity index is 953. The third kappa shape index (κ3) is 3.97. The van der Waals surface area contributed by atoms with Crippen LogP contribution in [0.3, 0.4) is 0 Å². The molecule has 0 spiro atoms. The van der Waals surface area contributed by atoms with Crippen molar-refractivity contribution in [2.75, 3.05) is 6.54 Å². The summed E-state index contributed by atoms with van der Waals surface area (Å²) in [7, 11) is -3.57. The molecule has 0 unspecified atom stereocenters. The molecule has 25 heavy (non-hydrogen) atoms. The van der Waals surface area contributed by atoms with Crippen molar-refractivity contribution < 1.29 is 8.42 Å². The molecular formula is C17H20N4O2S2. The molecule has 3 rings (SSSR count). The van der Waals surface area contributed by atoms with Gasteiger partial charge in [0.2, 0.25) is 10.0 Å². The number of H-pyrrole nitrogens is 1. The monoisotopic (exact) mass is 376 g/mol. The molecule has 0 amide bonds. The van der Waals surface area contributed by atoms with E-state index in [1.165, 1.54) is 5.56 Å². The van der Waals surface area contributed by atoms with Crippen molar-refractivity contribution in [2.45, 2.75) is 32.1 Å². The van der Waals surface area contributed by atoms with E-state index < -0.39 is 10.0 Å². The Balaban J connectivity index is 1.64. The number of benzene rings is 1. The van der Waals surface area contributed by atoms with Crippen LogP contribution >= 0.6 is 11.3 Å². The van der Waals surface area contributed by atoms with Crippen LogP contribution in [0, 0.1) is 20.8 Å². The largest absolute Gasteiger partial charge is 0.281 e. The lowest BCUT2D eigenvalue weighted by molar-refractivity contribution is 0.580. The van der Waals surface area contributed by atoms with Crippen LogP contribution in [-0.2, 0) is 16.4 Å². The van der Waals surface area contributed by atoms with Gasteiger partial charge in [0.05, 0.1) is 17.1 Å². The number of hydrogen-bond acceptors (Lipinski definition) is 5. The summed E-state index contributed by atoms with van der Waals surface area (Å²) in [6.45, 7) is 5.71. The number of aromatic amines is 1. The van der Waals surface area contributed by atoms with Crippen LogP contribution < -0.4 is 4.72 Å². The quantitative estimate of drug-likeness (QED) is 0.692. The van der Waals surface area contributed by atoms with Crippen molar-refractivity contribution in [3.8, 4) is 10.6 Å². The molecule has 2 heterocycles. The second-order valence-corrected chi connectivity index (χ2v) is 8.48. The van der Waals surface area contributed by atoms with Gasteiger partial charge >= 0.3 is 0 Å². The van der Waals surface area contributed by atoms with Gasteiger partial charge in [-0.25, -0.2) is 18.1 Å². The van der Waals surface area contributed by atoms with E-state index in [2.05, 4.69) is 32.0 Å². The Morgan fingerprint density at radius 1 is 1.16 bits per heavy atom. The Hall–Kier alpha value is -2.03. The van der Waals surface area contributed by atoms with E-state index in [9.17, 15) is 8.42 Å². The molecule has 0 saturated heterocycles. The Morgan fingerprint density at radius 2 is 1.88 bits per heavy atom. The lowest BCUT2D eigenvalue weighted by Crippen LogP contribution is -2.27. The third-order valence-corrected chi connectivity index (χ3v) is 6.52. The highest BCUT2D eigenvalue weighted by Crippen LogP contribution is 2.24. The topological polar surface area (TPSA) is 87.7 Å². The maximum absolute atomic E-state index is 12.4. The van der Waals surface area contributed by atoms with Crippen LogP contribution in [0.15, 0.2) is 34.5 Å². The van der Waals surface area contributed by atoms with Crippen molar-refractivity contribution in [3.63, 3.8) is 0 Å². The number of rotatable bonds is 6. The molecule has 3 aromatic rings. The van der Waals surface area contributed by atoms with Crippen molar-refractivity contribution in [3.05, 3.63) is 52.3 Å². The Kier molecular flexibility index (Phi) is 5.03. The lowest BCUT2D eigenvalue weighted by atomic mass is 10.2. The van der Waals surface area contributed by atoms with E-state index >= 15 is 0 Å². The third-order valence-electron chi connectivity index (χ3n) is 3.85. The minimum Gasteiger partial charge on any atom is -0.281 e. The Morgan fingerprint density at radius 3 is 2.52 bits per heavy atom. The van der Waals surface area contributed by atoms with Gasteiger partial charge < -0.3 is 0 Å². The first-order valence-corrected chi connectivity index (χ1v) is 10.3. The molecule has 8 heteroatoms. The summed E-state index contributed by atoms with van der Waals surface area (Å²) in [5.74, 6) is 0. The van der Waals surface area contributed by atoms with Crippen LogP contribution in [0.1, 0.15) is 22.6 Å². The highest BCUT2D eigenvalue weighted by Gasteiger charge is 2.21. The molecular weight excluding hydrogens is 356 g/mol. The van der Waals surface area contributed by atoms with Crippen LogP contribution in [0.25, 0.3) is 10.6 Å². The van der Waals surface area contributed by atoms with Crippen molar-refractivity contribution in [1.29, 1.82) is 0 Å². The number of nitrogens with zero attached hydrogens (tertiary/aromatic N) is 2. The number of aromatic nitrogens is 3. The zero-order valence-electron chi connectivity index (χ0n) is 14.3. The van der Waals surface area contributed by atoms with E-state index in [1.54, 1.807) is 25.2 Å². The fourth-order valence-corrected chi connectivity index (χ4v) is 4.83. The van der Waals surface area contributed by atoms with Crippen LogP contribution in [-0.4, -0.2) is 30.1 Å². The molecule has 0 aliphatic heterocycles. The van der Waals surface area contributed by atoms with Crippen LogP contribution in [0.2, 0.25) is 0 Å². The highest BCUT2D eigenvalue weighted by atomic mass is 32.2. The lowest BCUT2D eigenvalue weighted by Gasteiger charge is -2.05. The second kappa shape index (κ2) is 7.07. The first-order chi connectivity index (χ1) is 11.9. The van der Waals surface area contributed by atoms with Gasteiger partial charge in [0.15, 0.2) is 0 Å². The maximum Gasteiger partial charge on any atom is 0.244 e. The van der Waals surface area contributed by atoms with Gasteiger partial charge in [-0.3, -0.25) is 5.10 Å². The molecule has 0 bridgehead atoms. The number of aryl methyl sites for hydroxylation is 3. The van der Waals surface area contributed by atoms with E-state index in [1.807, 2.05) is 24.4 Å². The molecule has 2 aromatic heterocycles. The fraction of sp³-hybridized carbons (Fsp3) is 0.294. The van der Waals surface area contributed by atoms with Crippen LogP contribution in [0.4, 0.5) is 0 Å². The van der Waals surface area contributed by atoms with E-state index in [-0.39, 0.29) is 4.90 Å². The number of nitrogens with one attached hydrogen (secondary N) is 2. The minimum atomic E-state index is -3.57. The molecule has 2 N–H and O–H groups in total. The van der Waals surface area contributed by atoms with Gasteiger partial charge in [0.1, 0.15) is 9.90 Å². The molecule has 0 saturated carbocycles. The van der Waals surface area contributed by atoms with Gasteiger partial charge in [-0.2, -0.15) is 5.10 Å². The predicted molar refractivity (Wildman–Crippen MR) is 99.2 cm³/mol. The first kappa shape index (κ1) is 17.8. The summed E-state index contributed by atoms with van der Waals surface area (Å²) in [5.41, 5.74) is 4.18. The normalized spacial score (nSPS) is 11.8. The standard InChI is InChI=1S/C17H20N4O2S2/c1-11-4-6-14(7-5-11)17-19-15(10-24-17)8-9-18-25(22,23)16-12(2)20-21-13(16)3/h4-7,10,18H,8-9H2,1-3H3,(H,20,21). The summed E-state index contributed by atoms with van der Waals surface area (Å²) >= 11 is 1.57. The second-order valence-electron chi connectivity index (χ2n) is 5.92. The van der Waals surface area contributed by atoms with Crippen molar-refractivity contribution in [2.24, 2.45) is 0 Å². The van der Waals surface area contributed by atoms with E-state index in [0.29, 0.717) is 24.4 Å². The van der Waals surface area contributed by atoms with Gasteiger partial charge in [-0.1, -0.05) is 29.8 Å². The fourth-order valence-electron chi connectivity index (χ4n) is 2.57. The van der Waals surface area contributed by atoms with Crippen molar-refractivity contribution >= 4 is 21.4 Å². The predicted octanol–water partition coefficient (Wildman–Crippen LogP) is 2.98. The molecule has 0 aliphatic rings. The zero-order valence-corrected chi connectivity index (χ0v) is 16.0. The molecule has 6 nitrogen and oxygen atoms in total. The number of hydrogen-bond donors (Lipinski definition) is 2. The molecule has 132 valence electrons. The summed E-state index contributed by atoms with van der Waals surface area (Å²) in [4.78, 5) is 4.82.